The molecule has 0 bridgehead atoms. The first kappa shape index (κ1) is 72.5. The molecule has 0 aromatic carbocycles. The number of esters is 3. The third-order valence-corrected chi connectivity index (χ3v) is 13.1. The van der Waals surface area contributed by atoms with Gasteiger partial charge in [0, 0.05) is 19.3 Å². The van der Waals surface area contributed by atoms with Crippen LogP contribution in [0.25, 0.3) is 0 Å². The molecule has 0 aromatic heterocycles. The van der Waals surface area contributed by atoms with E-state index in [0.29, 0.717) is 19.3 Å². The average molecular weight is 1070 g/mol. The Morgan fingerprint density at radius 1 is 0.273 bits per heavy atom. The van der Waals surface area contributed by atoms with Crippen molar-refractivity contribution in [1.82, 2.24) is 0 Å². The summed E-state index contributed by atoms with van der Waals surface area (Å²) in [5, 5.41) is 0. The van der Waals surface area contributed by atoms with Crippen molar-refractivity contribution < 1.29 is 28.6 Å². The highest BCUT2D eigenvalue weighted by Gasteiger charge is 2.19. The van der Waals surface area contributed by atoms with Gasteiger partial charge in [0.1, 0.15) is 13.2 Å². The molecule has 1 unspecified atom stereocenters. The number of ether oxygens (including phenoxy) is 3. The van der Waals surface area contributed by atoms with E-state index in [2.05, 4.69) is 154 Å². The summed E-state index contributed by atoms with van der Waals surface area (Å²) in [4.78, 5) is 38.2. The second-order valence-electron chi connectivity index (χ2n) is 20.5. The lowest BCUT2D eigenvalue weighted by atomic mass is 10.0. The molecule has 1 atom stereocenters. The van der Waals surface area contributed by atoms with Gasteiger partial charge < -0.3 is 14.2 Å². The predicted molar refractivity (Wildman–Crippen MR) is 334 cm³/mol. The molecule has 0 saturated heterocycles. The van der Waals surface area contributed by atoms with Gasteiger partial charge in [-0.2, -0.15) is 0 Å². The molecule has 77 heavy (non-hydrogen) atoms. The van der Waals surface area contributed by atoms with Gasteiger partial charge in [-0.05, 0) is 128 Å². The van der Waals surface area contributed by atoms with Crippen LogP contribution in [0, 0.1) is 0 Å². The fraction of sp³-hybridized carbons (Fsp3) is 0.648. The second kappa shape index (κ2) is 64.1. The Morgan fingerprint density at radius 2 is 0.506 bits per heavy atom. The zero-order chi connectivity index (χ0) is 55.7. The molecule has 0 aromatic rings. The number of carbonyl (C=O) groups excluding carboxylic acids is 3. The molecule has 0 amide bonds. The molecule has 0 N–H and O–H groups in total. The first-order valence-corrected chi connectivity index (χ1v) is 31.7. The Labute approximate surface area is 475 Å². The summed E-state index contributed by atoms with van der Waals surface area (Å²) in [5.41, 5.74) is 0. The van der Waals surface area contributed by atoms with Gasteiger partial charge in [0.2, 0.25) is 0 Å². The Hall–Kier alpha value is -4.45. The fourth-order valence-electron chi connectivity index (χ4n) is 8.42. The zero-order valence-corrected chi connectivity index (χ0v) is 49.9. The topological polar surface area (TPSA) is 78.9 Å². The normalized spacial score (nSPS) is 13.0. The largest absolute Gasteiger partial charge is 0.462 e. The summed E-state index contributed by atoms with van der Waals surface area (Å²) < 4.78 is 16.8. The molecule has 0 aliphatic rings. The Kier molecular flexibility index (Phi) is 60.4. The SMILES string of the molecule is CC/C=C\C/C=C\C/C=C\C/C=C\C/C=C\C/C=C\CCCCCCCCCCCCCCCCC(=O)OCC(COC(=O)CCCCCCC/C=C\CCCC)OC(=O)CCCC/C=C\C/C=C\C/C=C\C/C=C\CC. The maximum absolute atomic E-state index is 12.8. The maximum Gasteiger partial charge on any atom is 0.306 e. The predicted octanol–water partition coefficient (Wildman–Crippen LogP) is 21.8. The Balaban J connectivity index is 4.20. The van der Waals surface area contributed by atoms with Crippen molar-refractivity contribution in [3.8, 4) is 0 Å². The van der Waals surface area contributed by atoms with Gasteiger partial charge >= 0.3 is 17.9 Å². The van der Waals surface area contributed by atoms with E-state index in [1.54, 1.807) is 0 Å². The highest BCUT2D eigenvalue weighted by atomic mass is 16.6. The molecular formula is C71H116O6. The first-order chi connectivity index (χ1) is 38.0. The number of unbranched alkanes of at least 4 members (excludes halogenated alkanes) is 23. The summed E-state index contributed by atoms with van der Waals surface area (Å²) in [6.45, 7) is 6.33. The molecule has 436 valence electrons. The lowest BCUT2D eigenvalue weighted by Gasteiger charge is -2.18. The molecule has 0 fully saturated rings. The van der Waals surface area contributed by atoms with E-state index in [4.69, 9.17) is 14.2 Å². The molecule has 0 saturated carbocycles. The highest BCUT2D eigenvalue weighted by Crippen LogP contribution is 2.15. The highest BCUT2D eigenvalue weighted by molar-refractivity contribution is 5.71. The number of allylic oxidation sites excluding steroid dienone is 22. The van der Waals surface area contributed by atoms with Crippen LogP contribution in [-0.2, 0) is 28.6 Å². The molecule has 6 heteroatoms. The van der Waals surface area contributed by atoms with Gasteiger partial charge in [0.15, 0.2) is 6.10 Å². The first-order valence-electron chi connectivity index (χ1n) is 31.7. The van der Waals surface area contributed by atoms with Crippen LogP contribution in [-0.4, -0.2) is 37.2 Å². The minimum atomic E-state index is -0.806. The fourth-order valence-corrected chi connectivity index (χ4v) is 8.42. The van der Waals surface area contributed by atoms with Crippen molar-refractivity contribution in [3.63, 3.8) is 0 Å². The Morgan fingerprint density at radius 3 is 0.831 bits per heavy atom. The van der Waals surface area contributed by atoms with E-state index in [9.17, 15) is 14.4 Å². The number of carbonyl (C=O) groups is 3. The van der Waals surface area contributed by atoms with Crippen LogP contribution < -0.4 is 0 Å². The van der Waals surface area contributed by atoms with Crippen LogP contribution in [0.15, 0.2) is 134 Å². The van der Waals surface area contributed by atoms with Crippen LogP contribution in [0.5, 0.6) is 0 Å². The summed E-state index contributed by atoms with van der Waals surface area (Å²) >= 11 is 0. The molecule has 0 heterocycles. The average Bonchev–Trinajstić information content (AvgIpc) is 3.43. The van der Waals surface area contributed by atoms with Crippen molar-refractivity contribution in [1.29, 1.82) is 0 Å². The number of hydrogen-bond acceptors (Lipinski definition) is 6. The van der Waals surface area contributed by atoms with E-state index in [1.807, 2.05) is 0 Å². The molecular weight excluding hydrogens is 949 g/mol. The van der Waals surface area contributed by atoms with Gasteiger partial charge in [0.05, 0.1) is 0 Å². The van der Waals surface area contributed by atoms with Crippen molar-refractivity contribution in [2.75, 3.05) is 13.2 Å². The Bertz CT molecular complexity index is 1650. The van der Waals surface area contributed by atoms with E-state index >= 15 is 0 Å². The van der Waals surface area contributed by atoms with Crippen LogP contribution in [0.4, 0.5) is 0 Å². The van der Waals surface area contributed by atoms with Gasteiger partial charge in [-0.1, -0.05) is 264 Å². The monoisotopic (exact) mass is 1060 g/mol. The quantitative estimate of drug-likeness (QED) is 0.0261. The van der Waals surface area contributed by atoms with Gasteiger partial charge in [-0.3, -0.25) is 14.4 Å². The summed E-state index contributed by atoms with van der Waals surface area (Å²) in [5.74, 6) is -0.952. The standard InChI is InChI=1S/C71H116O6/c1-4-7-10-13-16-19-22-24-26-27-28-29-30-31-32-33-34-35-36-37-38-39-40-41-42-43-45-46-49-52-55-58-61-64-70(73)76-67-68(66-75-69(72)63-60-57-54-51-48-21-18-15-12-9-6-3)77-71(74)65-62-59-56-53-50-47-44-25-23-20-17-14-11-8-5-2/h7-8,10-11,15-20,24-26,28-29,31-32,34-35,44,50,53,68H,4-6,9,12-14,21-23,27,30,33,36-43,45-49,51-52,54-67H2,1-3H3/b10-7-,11-8-,18-15-,19-16-,20-17-,26-24-,29-28-,32-31-,35-34-,44-25-,53-50-. The van der Waals surface area contributed by atoms with Crippen LogP contribution in [0.1, 0.15) is 278 Å². The van der Waals surface area contributed by atoms with Crippen LogP contribution in [0.3, 0.4) is 0 Å². The summed E-state index contributed by atoms with van der Waals surface area (Å²) in [6.07, 6.45) is 90.5. The van der Waals surface area contributed by atoms with Gasteiger partial charge in [-0.15, -0.1) is 0 Å². The maximum atomic E-state index is 12.8. The molecule has 0 rings (SSSR count). The minimum Gasteiger partial charge on any atom is -0.462 e. The molecule has 0 aliphatic heterocycles. The summed E-state index contributed by atoms with van der Waals surface area (Å²) in [6, 6.07) is 0. The smallest absolute Gasteiger partial charge is 0.306 e. The third kappa shape index (κ3) is 62.3. The van der Waals surface area contributed by atoms with Gasteiger partial charge in [0.25, 0.3) is 0 Å². The minimum absolute atomic E-state index is 0.0994. The van der Waals surface area contributed by atoms with Crippen LogP contribution >= 0.6 is 0 Å². The van der Waals surface area contributed by atoms with Gasteiger partial charge in [-0.25, -0.2) is 0 Å². The second-order valence-corrected chi connectivity index (χ2v) is 20.5. The van der Waals surface area contributed by atoms with E-state index in [-0.39, 0.29) is 37.5 Å². The lowest BCUT2D eigenvalue weighted by molar-refractivity contribution is -0.167. The lowest BCUT2D eigenvalue weighted by Crippen LogP contribution is -2.30. The summed E-state index contributed by atoms with van der Waals surface area (Å²) in [7, 11) is 0. The van der Waals surface area contributed by atoms with Crippen molar-refractivity contribution in [2.45, 2.75) is 284 Å². The molecule has 0 aliphatic carbocycles. The van der Waals surface area contributed by atoms with E-state index < -0.39 is 6.10 Å². The molecule has 0 radical (unpaired) electrons. The van der Waals surface area contributed by atoms with Crippen molar-refractivity contribution >= 4 is 17.9 Å². The van der Waals surface area contributed by atoms with Crippen molar-refractivity contribution in [2.24, 2.45) is 0 Å². The number of hydrogen-bond donors (Lipinski definition) is 0. The number of rotatable bonds is 56. The van der Waals surface area contributed by atoms with Crippen molar-refractivity contribution in [3.05, 3.63) is 134 Å². The molecule has 0 spiro atoms. The third-order valence-electron chi connectivity index (χ3n) is 13.1. The van der Waals surface area contributed by atoms with Crippen LogP contribution in [0.2, 0.25) is 0 Å². The van der Waals surface area contributed by atoms with E-state index in [1.165, 1.54) is 103 Å². The zero-order valence-electron chi connectivity index (χ0n) is 49.9. The van der Waals surface area contributed by atoms with E-state index in [0.717, 1.165) is 128 Å². The molecule has 6 nitrogen and oxygen atoms in total.